The Morgan fingerprint density at radius 3 is 2.29 bits per heavy atom. The van der Waals surface area contributed by atoms with Crippen molar-refractivity contribution in [2.45, 2.75) is 31.2 Å². The van der Waals surface area contributed by atoms with E-state index >= 15 is 0 Å². The highest BCUT2D eigenvalue weighted by molar-refractivity contribution is 7.12. The first-order valence-corrected chi connectivity index (χ1v) is 10.3. The predicted octanol–water partition coefficient (Wildman–Crippen LogP) is 4.74. The number of benzene rings is 2. The number of carbonyl (C=O) groups is 2. The molecule has 0 atom stereocenters. The lowest BCUT2D eigenvalue weighted by Crippen LogP contribution is -2.48. The molecule has 1 saturated carbocycles. The van der Waals surface area contributed by atoms with E-state index in [9.17, 15) is 9.59 Å². The number of hydrogen-bond acceptors (Lipinski definition) is 3. The van der Waals surface area contributed by atoms with Gasteiger partial charge in [-0.3, -0.25) is 9.59 Å². The summed E-state index contributed by atoms with van der Waals surface area (Å²) in [6.45, 7) is 0.538. The largest absolute Gasteiger partial charge is 0.351 e. The van der Waals surface area contributed by atoms with Crippen molar-refractivity contribution in [3.05, 3.63) is 88.1 Å². The third-order valence-electron chi connectivity index (χ3n) is 5.38. The minimum atomic E-state index is -0.453. The smallest absolute Gasteiger partial charge is 0.265 e. The Hall–Kier alpha value is -2.92. The normalized spacial score (nSPS) is 14.7. The van der Waals surface area contributed by atoms with Gasteiger partial charge in [0.15, 0.2) is 0 Å². The summed E-state index contributed by atoms with van der Waals surface area (Å²) < 4.78 is 0. The quantitative estimate of drug-likeness (QED) is 0.639. The van der Waals surface area contributed by atoms with Crippen LogP contribution in [0.3, 0.4) is 0 Å². The predicted molar refractivity (Wildman–Crippen MR) is 113 cm³/mol. The number of nitrogens with one attached hydrogen (secondary N) is 2. The Kier molecular flexibility index (Phi) is 5.26. The molecule has 0 unspecified atom stereocenters. The third-order valence-corrected chi connectivity index (χ3v) is 6.25. The van der Waals surface area contributed by atoms with Gasteiger partial charge in [-0.05, 0) is 47.5 Å². The topological polar surface area (TPSA) is 58.2 Å². The monoisotopic (exact) mass is 390 g/mol. The summed E-state index contributed by atoms with van der Waals surface area (Å²) in [5, 5.41) is 7.89. The van der Waals surface area contributed by atoms with Gasteiger partial charge in [0.05, 0.1) is 10.3 Å². The van der Waals surface area contributed by atoms with Crippen LogP contribution in [0.4, 0.5) is 5.69 Å². The molecule has 28 heavy (non-hydrogen) atoms. The van der Waals surface area contributed by atoms with Crippen molar-refractivity contribution in [2.24, 2.45) is 0 Å². The maximum Gasteiger partial charge on any atom is 0.265 e. The highest BCUT2D eigenvalue weighted by Crippen LogP contribution is 2.44. The summed E-state index contributed by atoms with van der Waals surface area (Å²) in [5.41, 5.74) is 2.39. The molecule has 1 aliphatic rings. The number of rotatable bonds is 6. The number of hydrogen-bond donors (Lipinski definition) is 2. The minimum absolute atomic E-state index is 0.0815. The summed E-state index contributed by atoms with van der Waals surface area (Å²) in [6, 6.07) is 21.3. The van der Waals surface area contributed by atoms with Crippen LogP contribution in [-0.4, -0.2) is 11.8 Å². The van der Waals surface area contributed by atoms with Crippen LogP contribution in [0.5, 0.6) is 0 Å². The fourth-order valence-corrected chi connectivity index (χ4v) is 4.22. The molecule has 2 aromatic carbocycles. The second kappa shape index (κ2) is 7.98. The van der Waals surface area contributed by atoms with Gasteiger partial charge in [0.1, 0.15) is 0 Å². The Labute approximate surface area is 168 Å². The fourth-order valence-electron chi connectivity index (χ4n) is 3.60. The molecule has 5 heteroatoms. The lowest BCUT2D eigenvalue weighted by Gasteiger charge is -2.40. The lowest BCUT2D eigenvalue weighted by atomic mass is 9.63. The van der Waals surface area contributed by atoms with E-state index in [1.165, 1.54) is 11.3 Å². The van der Waals surface area contributed by atoms with Gasteiger partial charge in [-0.15, -0.1) is 11.3 Å². The Balaban J connectivity index is 1.44. The Bertz CT molecular complexity index is 946. The summed E-state index contributed by atoms with van der Waals surface area (Å²) >= 11 is 1.41. The van der Waals surface area contributed by atoms with E-state index in [-0.39, 0.29) is 11.8 Å². The number of carbonyl (C=O) groups excluding carboxylic acids is 2. The van der Waals surface area contributed by atoms with Crippen molar-refractivity contribution >= 4 is 28.8 Å². The zero-order valence-corrected chi connectivity index (χ0v) is 16.3. The summed E-state index contributed by atoms with van der Waals surface area (Å²) in [5.74, 6) is -0.0281. The standard InChI is InChI=1S/C23H22N2O2S/c26-21(20-8-4-15-28-20)25-19-11-9-18(10-12-19)23(13-5-14-23)22(27)24-16-17-6-2-1-3-7-17/h1-4,6-12,15H,5,13-14,16H2,(H,24,27)(H,25,26). The molecule has 0 saturated heterocycles. The molecular weight excluding hydrogens is 368 g/mol. The van der Waals surface area contributed by atoms with Gasteiger partial charge >= 0.3 is 0 Å². The van der Waals surface area contributed by atoms with Crippen LogP contribution in [0.1, 0.15) is 40.1 Å². The minimum Gasteiger partial charge on any atom is -0.351 e. The maximum absolute atomic E-state index is 13.0. The molecule has 1 aromatic heterocycles. The van der Waals surface area contributed by atoms with Crippen molar-refractivity contribution in [3.8, 4) is 0 Å². The van der Waals surface area contributed by atoms with Crippen molar-refractivity contribution in [3.63, 3.8) is 0 Å². The first-order chi connectivity index (χ1) is 13.7. The molecule has 0 bridgehead atoms. The highest BCUT2D eigenvalue weighted by atomic mass is 32.1. The first-order valence-electron chi connectivity index (χ1n) is 9.45. The SMILES string of the molecule is O=C(Nc1ccc(C2(C(=O)NCc3ccccc3)CCC2)cc1)c1cccs1. The molecule has 1 heterocycles. The van der Waals surface area contributed by atoms with Gasteiger partial charge in [0.25, 0.3) is 5.91 Å². The fraction of sp³-hybridized carbons (Fsp3) is 0.217. The van der Waals surface area contributed by atoms with E-state index in [4.69, 9.17) is 0 Å². The average molecular weight is 391 g/mol. The highest BCUT2D eigenvalue weighted by Gasteiger charge is 2.45. The van der Waals surface area contributed by atoms with Crippen LogP contribution < -0.4 is 10.6 Å². The van der Waals surface area contributed by atoms with Crippen molar-refractivity contribution in [1.82, 2.24) is 5.32 Å². The van der Waals surface area contributed by atoms with Gasteiger partial charge in [-0.25, -0.2) is 0 Å². The van der Waals surface area contributed by atoms with E-state index in [0.29, 0.717) is 11.4 Å². The molecule has 0 aliphatic heterocycles. The number of anilines is 1. The summed E-state index contributed by atoms with van der Waals surface area (Å²) in [7, 11) is 0. The summed E-state index contributed by atoms with van der Waals surface area (Å²) in [4.78, 5) is 25.8. The van der Waals surface area contributed by atoms with Crippen LogP contribution in [0, 0.1) is 0 Å². The van der Waals surface area contributed by atoms with Gasteiger partial charge in [-0.1, -0.05) is 55.0 Å². The van der Waals surface area contributed by atoms with Gasteiger partial charge in [0, 0.05) is 12.2 Å². The molecule has 0 radical (unpaired) electrons. The maximum atomic E-state index is 13.0. The molecule has 4 nitrogen and oxygen atoms in total. The van der Waals surface area contributed by atoms with E-state index in [2.05, 4.69) is 10.6 Å². The van der Waals surface area contributed by atoms with E-state index in [0.717, 1.165) is 36.1 Å². The van der Waals surface area contributed by atoms with Gasteiger partial charge in [0.2, 0.25) is 5.91 Å². The van der Waals surface area contributed by atoms with E-state index in [1.807, 2.05) is 66.0 Å². The molecule has 1 fully saturated rings. The molecule has 142 valence electrons. The van der Waals surface area contributed by atoms with Crippen LogP contribution in [0.25, 0.3) is 0 Å². The van der Waals surface area contributed by atoms with E-state index < -0.39 is 5.41 Å². The average Bonchev–Trinajstić information content (AvgIpc) is 3.23. The molecule has 3 aromatic rings. The molecule has 2 amide bonds. The zero-order valence-electron chi connectivity index (χ0n) is 15.5. The number of amides is 2. The Morgan fingerprint density at radius 2 is 1.68 bits per heavy atom. The molecule has 0 spiro atoms. The van der Waals surface area contributed by atoms with Gasteiger partial charge < -0.3 is 10.6 Å². The van der Waals surface area contributed by atoms with Crippen molar-refractivity contribution < 1.29 is 9.59 Å². The second-order valence-electron chi connectivity index (χ2n) is 7.11. The number of thiophene rings is 1. The Morgan fingerprint density at radius 1 is 0.929 bits per heavy atom. The molecular formula is C23H22N2O2S. The summed E-state index contributed by atoms with van der Waals surface area (Å²) in [6.07, 6.45) is 2.76. The van der Waals surface area contributed by atoms with Crippen LogP contribution >= 0.6 is 11.3 Å². The van der Waals surface area contributed by atoms with E-state index in [1.54, 1.807) is 6.07 Å². The van der Waals surface area contributed by atoms with Crippen molar-refractivity contribution in [2.75, 3.05) is 5.32 Å². The third kappa shape index (κ3) is 3.71. The zero-order chi connectivity index (χ0) is 19.4. The van der Waals surface area contributed by atoms with Crippen molar-refractivity contribution in [1.29, 1.82) is 0 Å². The molecule has 1 aliphatic carbocycles. The molecule has 2 N–H and O–H groups in total. The molecule has 4 rings (SSSR count). The van der Waals surface area contributed by atoms with Gasteiger partial charge in [-0.2, -0.15) is 0 Å². The van der Waals surface area contributed by atoms with Crippen LogP contribution in [0.2, 0.25) is 0 Å². The van der Waals surface area contributed by atoms with Crippen LogP contribution in [0.15, 0.2) is 72.1 Å². The lowest BCUT2D eigenvalue weighted by molar-refractivity contribution is -0.130. The first kappa shape index (κ1) is 18.4. The second-order valence-corrected chi connectivity index (χ2v) is 8.06. The van der Waals surface area contributed by atoms with Crippen LogP contribution in [-0.2, 0) is 16.8 Å².